The first-order valence-electron chi connectivity index (χ1n) is 5.61. The van der Waals surface area contributed by atoms with Gasteiger partial charge in [0.1, 0.15) is 11.0 Å². The Bertz CT molecular complexity index is 480. The average Bonchev–Trinajstić information content (AvgIpc) is 2.64. The Labute approximate surface area is 110 Å². The number of alkyl halides is 3. The van der Waals surface area contributed by atoms with Gasteiger partial charge in [-0.05, 0) is 12.8 Å². The molecule has 0 aromatic heterocycles. The summed E-state index contributed by atoms with van der Waals surface area (Å²) < 4.78 is 49.1. The van der Waals surface area contributed by atoms with E-state index in [9.17, 15) is 17.4 Å². The zero-order chi connectivity index (χ0) is 14.7. The predicted octanol–water partition coefficient (Wildman–Crippen LogP) is 2.69. The molecule has 19 heavy (non-hydrogen) atoms. The van der Waals surface area contributed by atoms with Crippen LogP contribution in [0.15, 0.2) is 20.8 Å². The standard InChI is InChI=1S/C10H13F3N4OS/c1-2-3-4-5-9(15)8(7(6-14)16-17-9)19(18)10(11,12)13/h2-5,15H2,1H3. The van der Waals surface area contributed by atoms with E-state index in [4.69, 9.17) is 11.0 Å². The van der Waals surface area contributed by atoms with Crippen molar-refractivity contribution in [3.05, 3.63) is 10.6 Å². The van der Waals surface area contributed by atoms with Gasteiger partial charge in [-0.2, -0.15) is 23.5 Å². The van der Waals surface area contributed by atoms with Crippen LogP contribution in [0.1, 0.15) is 32.6 Å². The summed E-state index contributed by atoms with van der Waals surface area (Å²) in [5.41, 5.74) is -1.63. The van der Waals surface area contributed by atoms with Crippen molar-refractivity contribution in [2.45, 2.75) is 43.8 Å². The number of unbranched alkanes of at least 4 members (excludes halogenated alkanes) is 2. The lowest BCUT2D eigenvalue weighted by molar-refractivity contribution is -0.0379. The molecule has 1 aliphatic rings. The second kappa shape index (κ2) is 5.79. The zero-order valence-electron chi connectivity index (χ0n) is 10.2. The molecule has 2 N–H and O–H groups in total. The van der Waals surface area contributed by atoms with E-state index < -0.39 is 32.6 Å². The van der Waals surface area contributed by atoms with Crippen LogP contribution in [-0.4, -0.2) is 15.4 Å². The summed E-state index contributed by atoms with van der Waals surface area (Å²) in [4.78, 5) is -0.737. The van der Waals surface area contributed by atoms with Gasteiger partial charge in [0.25, 0.3) is 0 Å². The van der Waals surface area contributed by atoms with Crippen LogP contribution in [0.2, 0.25) is 0 Å². The molecule has 9 heteroatoms. The van der Waals surface area contributed by atoms with Gasteiger partial charge < -0.3 is 5.73 Å². The van der Waals surface area contributed by atoms with E-state index >= 15 is 0 Å². The molecule has 0 aromatic rings. The highest BCUT2D eigenvalue weighted by Crippen LogP contribution is 2.39. The van der Waals surface area contributed by atoms with Gasteiger partial charge in [-0.3, -0.25) is 0 Å². The van der Waals surface area contributed by atoms with E-state index in [1.807, 2.05) is 6.92 Å². The molecule has 0 aliphatic carbocycles. The number of hydrogen-bond acceptors (Lipinski definition) is 5. The summed E-state index contributed by atoms with van der Waals surface area (Å²) >= 11 is 0. The van der Waals surface area contributed by atoms with Crippen LogP contribution in [0.25, 0.3) is 0 Å². The Hall–Kier alpha value is -1.27. The molecule has 0 fully saturated rings. The number of nitrogens with two attached hydrogens (primary N) is 1. The topological polar surface area (TPSA) is 91.6 Å². The van der Waals surface area contributed by atoms with E-state index in [0.717, 1.165) is 12.8 Å². The van der Waals surface area contributed by atoms with E-state index in [0.29, 0.717) is 6.42 Å². The third-order valence-electron chi connectivity index (χ3n) is 2.60. The minimum atomic E-state index is -4.98. The Kier molecular flexibility index (Phi) is 4.81. The van der Waals surface area contributed by atoms with E-state index in [1.54, 1.807) is 0 Å². The monoisotopic (exact) mass is 294 g/mol. The van der Waals surface area contributed by atoms with Crippen LogP contribution in [-0.2, 0) is 10.8 Å². The molecule has 5 nitrogen and oxygen atoms in total. The van der Waals surface area contributed by atoms with Crippen LogP contribution in [0, 0.1) is 11.3 Å². The lowest BCUT2D eigenvalue weighted by Gasteiger charge is -2.23. The van der Waals surface area contributed by atoms with Crippen molar-refractivity contribution >= 4 is 10.8 Å². The van der Waals surface area contributed by atoms with Gasteiger partial charge in [-0.15, -0.1) is 5.11 Å². The Morgan fingerprint density at radius 3 is 2.58 bits per heavy atom. The maximum absolute atomic E-state index is 12.6. The van der Waals surface area contributed by atoms with Gasteiger partial charge in [0.15, 0.2) is 22.2 Å². The number of hydrogen-bond donors (Lipinski definition) is 1. The fourth-order valence-corrected chi connectivity index (χ4v) is 2.64. The lowest BCUT2D eigenvalue weighted by atomic mass is 10.0. The highest BCUT2D eigenvalue weighted by atomic mass is 32.2. The molecule has 1 heterocycles. The number of halogens is 3. The first-order chi connectivity index (χ1) is 8.76. The molecule has 0 aromatic carbocycles. The third kappa shape index (κ3) is 3.39. The second-order valence-electron chi connectivity index (χ2n) is 4.09. The molecule has 0 radical (unpaired) electrons. The first-order valence-corrected chi connectivity index (χ1v) is 6.76. The first kappa shape index (κ1) is 15.8. The Balaban J connectivity index is 3.08. The smallest absolute Gasteiger partial charge is 0.301 e. The number of azo groups is 1. The van der Waals surface area contributed by atoms with Crippen molar-refractivity contribution in [3.63, 3.8) is 0 Å². The van der Waals surface area contributed by atoms with Crippen molar-refractivity contribution in [2.75, 3.05) is 0 Å². The van der Waals surface area contributed by atoms with Crippen molar-refractivity contribution in [2.24, 2.45) is 16.0 Å². The van der Waals surface area contributed by atoms with Crippen molar-refractivity contribution in [3.8, 4) is 6.07 Å². The second-order valence-corrected chi connectivity index (χ2v) is 5.49. The highest BCUT2D eigenvalue weighted by Gasteiger charge is 2.50. The lowest BCUT2D eigenvalue weighted by Crippen LogP contribution is -2.42. The minimum Gasteiger partial charge on any atom is -0.301 e. The van der Waals surface area contributed by atoms with Crippen LogP contribution in [0.3, 0.4) is 0 Å². The van der Waals surface area contributed by atoms with E-state index in [-0.39, 0.29) is 6.42 Å². The summed E-state index contributed by atoms with van der Waals surface area (Å²) in [6, 6.07) is 1.46. The predicted molar refractivity (Wildman–Crippen MR) is 62.8 cm³/mol. The molecule has 0 amide bonds. The maximum atomic E-state index is 12.6. The van der Waals surface area contributed by atoms with E-state index in [1.165, 1.54) is 6.07 Å². The van der Waals surface area contributed by atoms with Crippen molar-refractivity contribution in [1.82, 2.24) is 0 Å². The van der Waals surface area contributed by atoms with E-state index in [2.05, 4.69) is 10.2 Å². The van der Waals surface area contributed by atoms with Crippen molar-refractivity contribution < 1.29 is 17.4 Å². The van der Waals surface area contributed by atoms with Gasteiger partial charge in [-0.25, -0.2) is 4.21 Å². The summed E-state index contributed by atoms with van der Waals surface area (Å²) in [7, 11) is -3.37. The SMILES string of the molecule is CCCCCC1(N)N=NC(C#N)=C1S(=O)C(F)(F)F. The van der Waals surface area contributed by atoms with Crippen LogP contribution >= 0.6 is 0 Å². The number of allylic oxidation sites excluding steroid dienone is 1. The molecular weight excluding hydrogens is 281 g/mol. The molecule has 0 saturated carbocycles. The molecule has 2 unspecified atom stereocenters. The molecule has 2 atom stereocenters. The third-order valence-corrected chi connectivity index (χ3v) is 3.94. The highest BCUT2D eigenvalue weighted by molar-refractivity contribution is 7.90. The van der Waals surface area contributed by atoms with Gasteiger partial charge in [0.2, 0.25) is 0 Å². The summed E-state index contributed by atoms with van der Waals surface area (Å²) in [6.07, 6.45) is 2.19. The quantitative estimate of drug-likeness (QED) is 0.790. The van der Waals surface area contributed by atoms with Gasteiger partial charge >= 0.3 is 5.51 Å². The van der Waals surface area contributed by atoms with Crippen LogP contribution in [0.5, 0.6) is 0 Å². The largest absolute Gasteiger partial charge is 0.475 e. The molecule has 0 bridgehead atoms. The summed E-state index contributed by atoms with van der Waals surface area (Å²) in [5.74, 6) is 0. The average molecular weight is 294 g/mol. The van der Waals surface area contributed by atoms with Gasteiger partial charge in [0.05, 0.1) is 0 Å². The summed E-state index contributed by atoms with van der Waals surface area (Å²) in [5, 5.41) is 15.6. The van der Waals surface area contributed by atoms with Crippen LogP contribution in [0.4, 0.5) is 13.2 Å². The Morgan fingerprint density at radius 2 is 2.11 bits per heavy atom. The number of nitriles is 1. The number of rotatable bonds is 5. The fourth-order valence-electron chi connectivity index (χ4n) is 1.68. The zero-order valence-corrected chi connectivity index (χ0v) is 11.0. The fraction of sp³-hybridized carbons (Fsp3) is 0.700. The number of nitrogens with zero attached hydrogens (tertiary/aromatic N) is 3. The molecule has 1 aliphatic heterocycles. The molecular formula is C10H13F3N4OS. The molecule has 106 valence electrons. The minimum absolute atomic E-state index is 0.0761. The maximum Gasteiger partial charge on any atom is 0.475 e. The molecule has 0 spiro atoms. The van der Waals surface area contributed by atoms with Gasteiger partial charge in [0, 0.05) is 0 Å². The summed E-state index contributed by atoms with van der Waals surface area (Å²) in [6.45, 7) is 1.92. The molecule has 0 saturated heterocycles. The van der Waals surface area contributed by atoms with Gasteiger partial charge in [-0.1, -0.05) is 19.8 Å². The van der Waals surface area contributed by atoms with Crippen LogP contribution < -0.4 is 5.73 Å². The normalized spacial score (nSPS) is 24.6. The van der Waals surface area contributed by atoms with Crippen molar-refractivity contribution in [1.29, 1.82) is 5.26 Å². The molecule has 1 rings (SSSR count). The Morgan fingerprint density at radius 1 is 1.47 bits per heavy atom.